The summed E-state index contributed by atoms with van der Waals surface area (Å²) >= 11 is 0. The summed E-state index contributed by atoms with van der Waals surface area (Å²) in [6.07, 6.45) is 31.1. The van der Waals surface area contributed by atoms with Crippen LogP contribution in [0, 0.1) is 94.2 Å². The van der Waals surface area contributed by atoms with E-state index in [1.165, 1.54) is 109 Å². The maximum atomic E-state index is 12.1. The van der Waals surface area contributed by atoms with Crippen LogP contribution in [0.4, 0.5) is 0 Å². The van der Waals surface area contributed by atoms with E-state index < -0.39 is 34.0 Å². The molecule has 91 heavy (non-hydrogen) atoms. The van der Waals surface area contributed by atoms with Crippen molar-refractivity contribution in [2.45, 2.75) is 300 Å². The number of hydrogen-bond donors (Lipinski definition) is 3. The van der Waals surface area contributed by atoms with E-state index in [1.807, 2.05) is 0 Å². The standard InChI is InChI=1S/2C17H26O2.C16H24O2.C14H20O4.C14H20O3/c1-11(2)15(18)19-16(3,4)17-8-12-5-13(9-17)7-14(6-12)10-17;1-10(2)16(18)19-17(11(3)4)14-6-12-5-13(8-14)9-15(17)7-12;1-4-16(18-15(17)10(2)3)13-6-11-5-12(8-13)9-14(16)7-11;1-9(2)11(15)18-14-5-10-3-12(16,7-14)6-13(17,4-10)8-14;1-9(2)12(15)17-14-6-10-3-11(7-14)5-13(16,4-10)8-14/h12-14H,1,5-10H2,2-4H3;11-15H,1,5-9H2,2-4H3;11-14H,2,4-9H2,1,3H3;10,16-17H,1,3-8H2,2H3;10-11,16H,1,3-8H2,2H3. The van der Waals surface area contributed by atoms with Gasteiger partial charge in [0.05, 0.1) is 16.8 Å². The topological polar surface area (TPSA) is 192 Å². The molecule has 20 saturated carbocycles. The van der Waals surface area contributed by atoms with Crippen LogP contribution in [0.1, 0.15) is 255 Å². The average molecular weight is 1260 g/mol. The molecule has 20 aliphatic rings. The minimum Gasteiger partial charge on any atom is -0.456 e. The molecule has 506 valence electrons. The predicted molar refractivity (Wildman–Crippen MR) is 350 cm³/mol. The van der Waals surface area contributed by atoms with Crippen LogP contribution in [0.3, 0.4) is 0 Å². The van der Waals surface area contributed by atoms with Gasteiger partial charge in [-0.05, 0) is 298 Å². The first-order valence-corrected chi connectivity index (χ1v) is 36.0. The van der Waals surface area contributed by atoms with E-state index in [2.05, 4.69) is 67.5 Å². The fourth-order valence-corrected chi connectivity index (χ4v) is 24.9. The highest BCUT2D eigenvalue weighted by Gasteiger charge is 2.66. The average Bonchev–Trinajstić information content (AvgIpc) is 0.529. The molecule has 20 bridgehead atoms. The van der Waals surface area contributed by atoms with Crippen molar-refractivity contribution in [1.29, 1.82) is 0 Å². The highest BCUT2D eigenvalue weighted by molar-refractivity contribution is 5.89. The Morgan fingerprint density at radius 3 is 1.10 bits per heavy atom. The van der Waals surface area contributed by atoms with E-state index in [4.69, 9.17) is 23.7 Å². The molecule has 20 rings (SSSR count). The molecule has 4 unspecified atom stereocenters. The summed E-state index contributed by atoms with van der Waals surface area (Å²) in [7, 11) is 0. The third kappa shape index (κ3) is 13.4. The minimum absolute atomic E-state index is 0.163. The van der Waals surface area contributed by atoms with Crippen LogP contribution in [0.15, 0.2) is 60.8 Å². The molecule has 0 aromatic heterocycles. The van der Waals surface area contributed by atoms with Crippen molar-refractivity contribution >= 4 is 29.8 Å². The number of carbonyl (C=O) groups is 5. The van der Waals surface area contributed by atoms with E-state index in [0.717, 1.165) is 92.8 Å². The molecule has 13 nitrogen and oxygen atoms in total. The molecule has 0 radical (unpaired) electrons. The minimum atomic E-state index is -0.858. The first-order chi connectivity index (χ1) is 42.4. The predicted octanol–water partition coefficient (Wildman–Crippen LogP) is 15.3. The summed E-state index contributed by atoms with van der Waals surface area (Å²) in [6, 6.07) is 0. The molecule has 0 heterocycles. The van der Waals surface area contributed by atoms with Crippen molar-refractivity contribution in [3.05, 3.63) is 60.8 Å². The lowest BCUT2D eigenvalue weighted by Crippen LogP contribution is -2.66. The maximum absolute atomic E-state index is 12.1. The maximum Gasteiger partial charge on any atom is 0.333 e. The monoisotopic (exact) mass is 1260 g/mol. The van der Waals surface area contributed by atoms with Gasteiger partial charge in [-0.25, -0.2) is 24.0 Å². The second kappa shape index (κ2) is 24.5. The fourth-order valence-electron chi connectivity index (χ4n) is 24.9. The summed E-state index contributed by atoms with van der Waals surface area (Å²) in [5, 5.41) is 31.5. The van der Waals surface area contributed by atoms with Crippen LogP contribution >= 0.6 is 0 Å². The zero-order chi connectivity index (χ0) is 66.0. The van der Waals surface area contributed by atoms with Gasteiger partial charge in [0.2, 0.25) is 0 Å². The molecule has 20 aliphatic carbocycles. The largest absolute Gasteiger partial charge is 0.456 e. The number of carbonyl (C=O) groups excluding carboxylic acids is 5. The molecule has 0 amide bonds. The molecule has 0 spiro atoms. The quantitative estimate of drug-likeness (QED) is 0.0897. The summed E-state index contributed by atoms with van der Waals surface area (Å²) in [4.78, 5) is 59.5. The lowest BCUT2D eigenvalue weighted by Gasteiger charge is -2.62. The van der Waals surface area contributed by atoms with Crippen molar-refractivity contribution in [3.63, 3.8) is 0 Å². The van der Waals surface area contributed by atoms with E-state index in [-0.39, 0.29) is 52.0 Å². The Balaban J connectivity index is 0.000000117. The SMILES string of the molecule is C=C(C)C(=O)OC(C)(C)C12CC3CC(CC(C3)C1)C2.C=C(C)C(=O)OC1(C(C)C)C2CC3CC(C2)CC1C3.C=C(C)C(=O)OC1(CC)C2CC3CC(C2)CC1C3.C=C(C)C(=O)OC12CC3CC(CC(O)(C3)C1)C2.C=C(C)C(=O)OC12CC3CC(O)(CC(O)(C3)C1)C2. The van der Waals surface area contributed by atoms with Gasteiger partial charge in [0.1, 0.15) is 28.0 Å². The summed E-state index contributed by atoms with van der Waals surface area (Å²) in [6.45, 7) is 37.9. The summed E-state index contributed by atoms with van der Waals surface area (Å²) in [5.74, 6) is 9.15. The van der Waals surface area contributed by atoms with Gasteiger partial charge in [0.15, 0.2) is 0 Å². The van der Waals surface area contributed by atoms with Gasteiger partial charge < -0.3 is 39.0 Å². The smallest absolute Gasteiger partial charge is 0.333 e. The molecule has 4 atom stereocenters. The number of hydrogen-bond acceptors (Lipinski definition) is 13. The lowest BCUT2D eigenvalue weighted by atomic mass is 9.46. The van der Waals surface area contributed by atoms with E-state index >= 15 is 0 Å². The normalized spacial score (nSPS) is 44.9. The third-order valence-corrected chi connectivity index (χ3v) is 26.9. The lowest BCUT2D eigenvalue weighted by molar-refractivity contribution is -0.260. The molecular weight excluding hydrogens is 1140 g/mol. The molecule has 0 aromatic carbocycles. The third-order valence-electron chi connectivity index (χ3n) is 26.9. The van der Waals surface area contributed by atoms with Crippen LogP contribution in [-0.2, 0) is 47.7 Å². The first kappa shape index (κ1) is 68.3. The molecule has 0 saturated heterocycles. The van der Waals surface area contributed by atoms with E-state index in [0.29, 0.717) is 95.0 Å². The van der Waals surface area contributed by atoms with Gasteiger partial charge in [-0.1, -0.05) is 53.7 Å². The second-order valence-electron chi connectivity index (χ2n) is 35.5. The number of ether oxygens (including phenoxy) is 5. The zero-order valence-corrected chi connectivity index (χ0v) is 57.6. The summed E-state index contributed by atoms with van der Waals surface area (Å²) < 4.78 is 29.2. The van der Waals surface area contributed by atoms with Crippen molar-refractivity contribution in [2.75, 3.05) is 0 Å². The Morgan fingerprint density at radius 2 is 0.725 bits per heavy atom. The molecule has 13 heteroatoms. The highest BCUT2D eigenvalue weighted by Crippen LogP contribution is 2.67. The number of aliphatic hydroxyl groups is 3. The van der Waals surface area contributed by atoms with Crippen molar-refractivity contribution < 1.29 is 63.0 Å². The first-order valence-electron chi connectivity index (χ1n) is 36.0. The second-order valence-corrected chi connectivity index (χ2v) is 35.5. The van der Waals surface area contributed by atoms with Crippen LogP contribution in [-0.4, -0.2) is 90.0 Å². The van der Waals surface area contributed by atoms with E-state index in [9.17, 15) is 39.3 Å². The van der Waals surface area contributed by atoms with Gasteiger partial charge in [0.25, 0.3) is 0 Å². The van der Waals surface area contributed by atoms with Crippen molar-refractivity contribution in [3.8, 4) is 0 Å². The number of esters is 5. The van der Waals surface area contributed by atoms with Crippen LogP contribution in [0.5, 0.6) is 0 Å². The Bertz CT molecular complexity index is 2800. The Labute approximate surface area is 545 Å². The molecule has 0 aliphatic heterocycles. The van der Waals surface area contributed by atoms with E-state index in [1.54, 1.807) is 34.6 Å². The van der Waals surface area contributed by atoms with Crippen molar-refractivity contribution in [2.24, 2.45) is 94.2 Å². The Morgan fingerprint density at radius 1 is 0.396 bits per heavy atom. The number of rotatable bonds is 13. The fraction of sp³-hybridized carbons (Fsp3) is 0.808. The van der Waals surface area contributed by atoms with Gasteiger partial charge in [-0.2, -0.15) is 0 Å². The van der Waals surface area contributed by atoms with Crippen molar-refractivity contribution in [1.82, 2.24) is 0 Å². The Hall–Kier alpha value is -4.07. The Kier molecular flexibility index (Phi) is 18.4. The molecular formula is C78H116O13. The zero-order valence-electron chi connectivity index (χ0n) is 57.6. The van der Waals surface area contributed by atoms with Crippen LogP contribution in [0.2, 0.25) is 0 Å². The van der Waals surface area contributed by atoms with Gasteiger partial charge in [-0.3, -0.25) is 0 Å². The molecule has 3 N–H and O–H groups in total. The van der Waals surface area contributed by atoms with Crippen LogP contribution < -0.4 is 0 Å². The van der Waals surface area contributed by atoms with Gasteiger partial charge in [-0.15, -0.1) is 0 Å². The van der Waals surface area contributed by atoms with Gasteiger partial charge in [0, 0.05) is 59.0 Å². The molecule has 20 fully saturated rings. The molecule has 0 aromatic rings. The summed E-state index contributed by atoms with van der Waals surface area (Å²) in [5.41, 5.74) is -1.44. The van der Waals surface area contributed by atoms with Crippen LogP contribution in [0.25, 0.3) is 0 Å². The highest BCUT2D eigenvalue weighted by atomic mass is 16.6. The van der Waals surface area contributed by atoms with Gasteiger partial charge >= 0.3 is 29.8 Å².